The smallest absolute Gasteiger partial charge is 0.0457 e. The summed E-state index contributed by atoms with van der Waals surface area (Å²) in [7, 11) is 0. The van der Waals surface area contributed by atoms with Gasteiger partial charge in [0.15, 0.2) is 0 Å². The van der Waals surface area contributed by atoms with Crippen molar-refractivity contribution in [1.29, 1.82) is 0 Å². The fourth-order valence-corrected chi connectivity index (χ4v) is 3.85. The number of para-hydroxylation sites is 2. The van der Waals surface area contributed by atoms with Crippen LogP contribution < -0.4 is 0 Å². The normalized spacial score (nSPS) is 11.9. The zero-order valence-electron chi connectivity index (χ0n) is 14.9. The van der Waals surface area contributed by atoms with Crippen molar-refractivity contribution >= 4 is 27.9 Å². The highest BCUT2D eigenvalue weighted by Crippen LogP contribution is 2.36. The largest absolute Gasteiger partial charge is 0.361 e. The third kappa shape index (κ3) is 2.85. The highest BCUT2D eigenvalue weighted by Gasteiger charge is 2.18. The SMILES string of the molecule is C(=C\C(c1c[nH]c2ccccc12)c1c[nH]c2ccccc12)/c1ccccc1. The van der Waals surface area contributed by atoms with E-state index in [1.165, 1.54) is 38.5 Å². The molecule has 130 valence electrons. The first kappa shape index (κ1) is 15.7. The number of H-pyrrole nitrogens is 2. The van der Waals surface area contributed by atoms with Crippen molar-refractivity contribution in [2.75, 3.05) is 0 Å². The number of benzene rings is 3. The number of hydrogen-bond acceptors (Lipinski definition) is 0. The first-order valence-corrected chi connectivity index (χ1v) is 9.25. The molecule has 2 aromatic heterocycles. The molecule has 0 saturated heterocycles. The van der Waals surface area contributed by atoms with Gasteiger partial charge in [-0.25, -0.2) is 0 Å². The minimum atomic E-state index is 0.164. The summed E-state index contributed by atoms with van der Waals surface area (Å²) in [6.07, 6.45) is 8.81. The van der Waals surface area contributed by atoms with Gasteiger partial charge in [-0.2, -0.15) is 0 Å². The molecule has 0 spiro atoms. The third-order valence-corrected chi connectivity index (χ3v) is 5.19. The molecule has 0 bridgehead atoms. The second kappa shape index (κ2) is 6.65. The second-order valence-corrected chi connectivity index (χ2v) is 6.83. The summed E-state index contributed by atoms with van der Waals surface area (Å²) in [6.45, 7) is 0. The Morgan fingerprint density at radius 2 is 1.11 bits per heavy atom. The number of nitrogens with one attached hydrogen (secondary N) is 2. The van der Waals surface area contributed by atoms with Crippen LogP contribution in [0.4, 0.5) is 0 Å². The average Bonchev–Trinajstić information content (AvgIpc) is 3.34. The van der Waals surface area contributed by atoms with E-state index >= 15 is 0 Å². The van der Waals surface area contributed by atoms with Crippen LogP contribution in [-0.4, -0.2) is 9.97 Å². The molecular formula is C25H20N2. The van der Waals surface area contributed by atoms with Gasteiger partial charge in [0.2, 0.25) is 0 Å². The van der Waals surface area contributed by atoms with Crippen LogP contribution in [0.25, 0.3) is 27.9 Å². The number of hydrogen-bond donors (Lipinski definition) is 2. The van der Waals surface area contributed by atoms with E-state index in [2.05, 4.69) is 107 Å². The van der Waals surface area contributed by atoms with E-state index in [1.54, 1.807) is 0 Å². The Balaban J connectivity index is 1.69. The standard InChI is InChI=1S/C25H20N2/c1-2-8-18(9-3-1)14-15-19(22-16-26-24-12-6-4-10-20(22)24)23-17-27-25-13-7-5-11-21(23)25/h1-17,19,26-27H/b15-14+. The monoisotopic (exact) mass is 348 g/mol. The zero-order chi connectivity index (χ0) is 18.1. The Hall–Kier alpha value is -3.52. The number of aromatic nitrogens is 2. The minimum Gasteiger partial charge on any atom is -0.361 e. The van der Waals surface area contributed by atoms with Crippen LogP contribution in [-0.2, 0) is 0 Å². The lowest BCUT2D eigenvalue weighted by Gasteiger charge is -2.12. The summed E-state index contributed by atoms with van der Waals surface area (Å²) in [5.41, 5.74) is 6.14. The van der Waals surface area contributed by atoms with E-state index in [-0.39, 0.29) is 5.92 Å². The van der Waals surface area contributed by atoms with E-state index in [4.69, 9.17) is 0 Å². The predicted molar refractivity (Wildman–Crippen MR) is 114 cm³/mol. The lowest BCUT2D eigenvalue weighted by Crippen LogP contribution is -1.96. The maximum absolute atomic E-state index is 3.43. The summed E-state index contributed by atoms with van der Waals surface area (Å²) in [6, 6.07) is 27.5. The van der Waals surface area contributed by atoms with Crippen molar-refractivity contribution in [3.63, 3.8) is 0 Å². The fourth-order valence-electron chi connectivity index (χ4n) is 3.85. The van der Waals surface area contributed by atoms with Gasteiger partial charge in [-0.1, -0.05) is 78.9 Å². The number of rotatable bonds is 4. The summed E-state index contributed by atoms with van der Waals surface area (Å²) < 4.78 is 0. The molecule has 0 atom stereocenters. The molecule has 0 saturated carbocycles. The molecule has 5 aromatic rings. The molecule has 0 aliphatic heterocycles. The first-order valence-electron chi connectivity index (χ1n) is 9.25. The molecule has 2 N–H and O–H groups in total. The Bertz CT molecular complexity index is 1150. The number of fused-ring (bicyclic) bond motifs is 2. The second-order valence-electron chi connectivity index (χ2n) is 6.83. The van der Waals surface area contributed by atoms with Crippen molar-refractivity contribution in [3.05, 3.63) is 114 Å². The van der Waals surface area contributed by atoms with Crippen LogP contribution in [0, 0.1) is 0 Å². The van der Waals surface area contributed by atoms with Gasteiger partial charge in [-0.05, 0) is 28.8 Å². The van der Waals surface area contributed by atoms with Gasteiger partial charge in [0, 0.05) is 40.1 Å². The molecular weight excluding hydrogens is 328 g/mol. The maximum atomic E-state index is 3.43. The average molecular weight is 348 g/mol. The lowest BCUT2D eigenvalue weighted by molar-refractivity contribution is 1.06. The van der Waals surface area contributed by atoms with Crippen LogP contribution in [0.5, 0.6) is 0 Å². The van der Waals surface area contributed by atoms with Crippen LogP contribution >= 0.6 is 0 Å². The van der Waals surface area contributed by atoms with Crippen LogP contribution in [0.15, 0.2) is 97.3 Å². The topological polar surface area (TPSA) is 31.6 Å². The van der Waals surface area contributed by atoms with Gasteiger partial charge < -0.3 is 9.97 Å². The van der Waals surface area contributed by atoms with Crippen LogP contribution in [0.2, 0.25) is 0 Å². The van der Waals surface area contributed by atoms with Crippen molar-refractivity contribution < 1.29 is 0 Å². The Morgan fingerprint density at radius 1 is 0.593 bits per heavy atom. The molecule has 0 amide bonds. The van der Waals surface area contributed by atoms with Crippen molar-refractivity contribution in [2.45, 2.75) is 5.92 Å². The van der Waals surface area contributed by atoms with Gasteiger partial charge in [-0.15, -0.1) is 0 Å². The van der Waals surface area contributed by atoms with E-state index < -0.39 is 0 Å². The van der Waals surface area contributed by atoms with Gasteiger partial charge in [0.1, 0.15) is 0 Å². The summed E-state index contributed by atoms with van der Waals surface area (Å²) >= 11 is 0. The molecule has 2 heteroatoms. The minimum absolute atomic E-state index is 0.164. The summed E-state index contributed by atoms with van der Waals surface area (Å²) in [5, 5.41) is 2.54. The van der Waals surface area contributed by atoms with Gasteiger partial charge >= 0.3 is 0 Å². The quantitative estimate of drug-likeness (QED) is 0.372. The molecule has 0 aliphatic carbocycles. The zero-order valence-corrected chi connectivity index (χ0v) is 14.9. The van der Waals surface area contributed by atoms with Crippen molar-refractivity contribution in [2.24, 2.45) is 0 Å². The Labute approximate surface area is 158 Å². The fraction of sp³-hybridized carbons (Fsp3) is 0.0400. The molecule has 27 heavy (non-hydrogen) atoms. The van der Waals surface area contributed by atoms with Crippen molar-refractivity contribution in [1.82, 2.24) is 9.97 Å². The lowest BCUT2D eigenvalue weighted by atomic mass is 9.90. The maximum Gasteiger partial charge on any atom is 0.0457 e. The van der Waals surface area contributed by atoms with Crippen LogP contribution in [0.3, 0.4) is 0 Å². The highest BCUT2D eigenvalue weighted by atomic mass is 14.7. The van der Waals surface area contributed by atoms with E-state index in [0.717, 1.165) is 0 Å². The number of aromatic amines is 2. The Morgan fingerprint density at radius 3 is 1.70 bits per heavy atom. The highest BCUT2D eigenvalue weighted by molar-refractivity contribution is 5.88. The molecule has 5 rings (SSSR count). The molecule has 2 heterocycles. The third-order valence-electron chi connectivity index (χ3n) is 5.19. The van der Waals surface area contributed by atoms with E-state index in [1.807, 2.05) is 6.07 Å². The van der Waals surface area contributed by atoms with Crippen LogP contribution in [0.1, 0.15) is 22.6 Å². The van der Waals surface area contributed by atoms with E-state index in [0.29, 0.717) is 0 Å². The van der Waals surface area contributed by atoms with Crippen molar-refractivity contribution in [3.8, 4) is 0 Å². The predicted octanol–water partition coefficient (Wildman–Crippen LogP) is 6.49. The van der Waals surface area contributed by atoms with Gasteiger partial charge in [0.25, 0.3) is 0 Å². The molecule has 0 fully saturated rings. The molecule has 3 aromatic carbocycles. The van der Waals surface area contributed by atoms with Gasteiger partial charge in [0.05, 0.1) is 0 Å². The van der Waals surface area contributed by atoms with Gasteiger partial charge in [-0.3, -0.25) is 0 Å². The van der Waals surface area contributed by atoms with E-state index in [9.17, 15) is 0 Å². The molecule has 0 radical (unpaired) electrons. The molecule has 2 nitrogen and oxygen atoms in total. The first-order chi connectivity index (χ1) is 13.4. The Kier molecular flexibility index (Phi) is 3.87. The molecule has 0 aliphatic rings. The summed E-state index contributed by atoms with van der Waals surface area (Å²) in [5.74, 6) is 0.164. The number of allylic oxidation sites excluding steroid dienone is 1. The summed E-state index contributed by atoms with van der Waals surface area (Å²) in [4.78, 5) is 6.87. The molecule has 0 unspecified atom stereocenters.